The van der Waals surface area contributed by atoms with Gasteiger partial charge >= 0.3 is 0 Å². The normalized spacial score (nSPS) is 11.3. The monoisotopic (exact) mass is 343 g/mol. The average molecular weight is 344 g/mol. The van der Waals surface area contributed by atoms with Crippen LogP contribution in [0.1, 0.15) is 76.3 Å². The number of aryl methyl sites for hydroxylation is 1. The smallest absolute Gasteiger partial charge is 0.124 e. The van der Waals surface area contributed by atoms with Gasteiger partial charge in [0.25, 0.3) is 0 Å². The minimum Gasteiger partial charge on any atom is -0.744 e. The third kappa shape index (κ3) is 7.95. The minimum absolute atomic E-state index is 0. The van der Waals surface area contributed by atoms with E-state index in [9.17, 15) is 13.0 Å². The Morgan fingerprint density at radius 2 is 1.43 bits per heavy atom. The van der Waals surface area contributed by atoms with Crippen molar-refractivity contribution in [3.63, 3.8) is 0 Å². The summed E-state index contributed by atoms with van der Waals surface area (Å²) in [5, 5.41) is 0. The number of hydrogen-bond acceptors (Lipinski definition) is 3. The van der Waals surface area contributed by atoms with Crippen molar-refractivity contribution in [1.82, 2.24) is 6.15 Å². The van der Waals surface area contributed by atoms with Crippen molar-refractivity contribution in [2.24, 2.45) is 0 Å². The number of benzene rings is 1. The lowest BCUT2D eigenvalue weighted by Crippen LogP contribution is -2.07. The highest BCUT2D eigenvalue weighted by Crippen LogP contribution is 2.24. The fraction of sp³-hybridized carbons (Fsp3) is 0.667. The largest absolute Gasteiger partial charge is 0.744 e. The second kappa shape index (κ2) is 11.6. The maximum absolute atomic E-state index is 11.5. The molecule has 0 fully saturated rings. The fourth-order valence-corrected chi connectivity index (χ4v) is 3.61. The number of rotatable bonds is 11. The molecule has 0 aliphatic carbocycles. The molecule has 4 N–H and O–H groups in total. The fourth-order valence-electron chi connectivity index (χ4n) is 2.83. The van der Waals surface area contributed by atoms with Crippen molar-refractivity contribution in [2.75, 3.05) is 0 Å². The molecule has 0 saturated carbocycles. The lowest BCUT2D eigenvalue weighted by molar-refractivity contribution is 0.461. The average Bonchev–Trinajstić information content (AvgIpc) is 2.47. The van der Waals surface area contributed by atoms with E-state index >= 15 is 0 Å². The summed E-state index contributed by atoms with van der Waals surface area (Å²) in [4.78, 5) is -0.00279. The van der Waals surface area contributed by atoms with E-state index in [1.807, 2.05) is 6.07 Å². The molecule has 134 valence electrons. The van der Waals surface area contributed by atoms with Gasteiger partial charge in [-0.1, -0.05) is 64.5 Å². The number of quaternary nitrogens is 1. The van der Waals surface area contributed by atoms with Crippen LogP contribution >= 0.6 is 0 Å². The van der Waals surface area contributed by atoms with Crippen LogP contribution in [0.15, 0.2) is 23.1 Å². The second-order valence-corrected chi connectivity index (χ2v) is 7.32. The molecule has 0 aliphatic heterocycles. The summed E-state index contributed by atoms with van der Waals surface area (Å²) in [7, 11) is -4.38. The molecule has 1 aromatic rings. The molecule has 23 heavy (non-hydrogen) atoms. The summed E-state index contributed by atoms with van der Waals surface area (Å²) >= 11 is 0. The molecule has 0 unspecified atom stereocenters. The highest BCUT2D eigenvalue weighted by atomic mass is 32.2. The van der Waals surface area contributed by atoms with Crippen LogP contribution in [-0.2, 0) is 23.0 Å². The van der Waals surface area contributed by atoms with E-state index in [1.54, 1.807) is 6.07 Å². The maximum Gasteiger partial charge on any atom is 0.124 e. The topological polar surface area (TPSA) is 93.7 Å². The van der Waals surface area contributed by atoms with Gasteiger partial charge in [0.15, 0.2) is 0 Å². The van der Waals surface area contributed by atoms with Crippen molar-refractivity contribution in [3.05, 3.63) is 29.3 Å². The van der Waals surface area contributed by atoms with Gasteiger partial charge in [-0.25, -0.2) is 8.42 Å². The molecule has 0 radical (unpaired) electrons. The Balaban J connectivity index is 0.00000484. The van der Waals surface area contributed by atoms with Crippen molar-refractivity contribution in [1.29, 1.82) is 0 Å². The third-order valence-corrected chi connectivity index (χ3v) is 5.00. The first-order valence-electron chi connectivity index (χ1n) is 8.57. The molecule has 0 aliphatic rings. The SMILES string of the molecule is CCCCCCc1cccc(S(=O)(=O)[O-])c1CCCCCC.[NH4+]. The zero-order chi connectivity index (χ0) is 16.4. The first-order chi connectivity index (χ1) is 10.5. The zero-order valence-electron chi connectivity index (χ0n) is 14.9. The minimum atomic E-state index is -4.38. The van der Waals surface area contributed by atoms with E-state index in [0.29, 0.717) is 6.42 Å². The standard InChI is InChI=1S/C18H30O3S.H3N/c1-3-5-7-9-12-16-13-11-15-18(22(19,20)21)17(16)14-10-8-6-4-2;/h11,13,15H,3-10,12,14H2,1-2H3,(H,19,20,21);1H3. The Morgan fingerprint density at radius 1 is 0.870 bits per heavy atom. The summed E-state index contributed by atoms with van der Waals surface area (Å²) in [6.07, 6.45) is 10.5. The van der Waals surface area contributed by atoms with E-state index in [1.165, 1.54) is 18.9 Å². The van der Waals surface area contributed by atoms with Crippen molar-refractivity contribution in [2.45, 2.75) is 83.0 Å². The van der Waals surface area contributed by atoms with Crippen LogP contribution < -0.4 is 6.15 Å². The van der Waals surface area contributed by atoms with Crippen LogP contribution in [0.4, 0.5) is 0 Å². The molecule has 0 aromatic heterocycles. The number of hydrogen-bond donors (Lipinski definition) is 1. The highest BCUT2D eigenvalue weighted by Gasteiger charge is 2.12. The molecule has 1 aromatic carbocycles. The van der Waals surface area contributed by atoms with Gasteiger partial charge in [0, 0.05) is 0 Å². The Labute approximate surface area is 142 Å². The van der Waals surface area contributed by atoms with E-state index in [0.717, 1.165) is 56.1 Å². The Morgan fingerprint density at radius 3 is 1.96 bits per heavy atom. The van der Waals surface area contributed by atoms with E-state index in [2.05, 4.69) is 13.8 Å². The summed E-state index contributed by atoms with van der Waals surface area (Å²) in [5.74, 6) is 0. The first-order valence-corrected chi connectivity index (χ1v) is 9.98. The molecule has 4 nitrogen and oxygen atoms in total. The molecular formula is C18H33NO3S. The van der Waals surface area contributed by atoms with Crippen molar-refractivity contribution < 1.29 is 13.0 Å². The summed E-state index contributed by atoms with van der Waals surface area (Å²) in [6, 6.07) is 5.15. The van der Waals surface area contributed by atoms with Gasteiger partial charge in [0.05, 0.1) is 4.90 Å². The van der Waals surface area contributed by atoms with E-state index in [4.69, 9.17) is 0 Å². The summed E-state index contributed by atoms with van der Waals surface area (Å²) < 4.78 is 34.5. The van der Waals surface area contributed by atoms with Crippen molar-refractivity contribution in [3.8, 4) is 0 Å². The lowest BCUT2D eigenvalue weighted by Gasteiger charge is -2.17. The number of unbranched alkanes of at least 4 members (excludes halogenated alkanes) is 6. The molecular weight excluding hydrogens is 310 g/mol. The Bertz CT molecular complexity index is 541. The lowest BCUT2D eigenvalue weighted by atomic mass is 9.96. The maximum atomic E-state index is 11.5. The first kappa shape index (κ1) is 22.1. The van der Waals surface area contributed by atoms with E-state index < -0.39 is 10.1 Å². The van der Waals surface area contributed by atoms with Crippen LogP contribution in [0.5, 0.6) is 0 Å². The molecule has 0 spiro atoms. The molecule has 0 bridgehead atoms. The van der Waals surface area contributed by atoms with Gasteiger partial charge in [-0.3, -0.25) is 0 Å². The van der Waals surface area contributed by atoms with Gasteiger partial charge in [0.1, 0.15) is 10.1 Å². The molecule has 0 atom stereocenters. The van der Waals surface area contributed by atoms with Crippen molar-refractivity contribution >= 4 is 10.1 Å². The van der Waals surface area contributed by atoms with Gasteiger partial charge in [-0.15, -0.1) is 0 Å². The van der Waals surface area contributed by atoms with Crippen LogP contribution in [-0.4, -0.2) is 13.0 Å². The van der Waals surface area contributed by atoms with Crippen LogP contribution in [0, 0.1) is 0 Å². The van der Waals surface area contributed by atoms with Crippen LogP contribution in [0.25, 0.3) is 0 Å². The summed E-state index contributed by atoms with van der Waals surface area (Å²) in [6.45, 7) is 4.32. The molecule has 0 heterocycles. The predicted molar refractivity (Wildman–Crippen MR) is 96.1 cm³/mol. The molecule has 5 heteroatoms. The van der Waals surface area contributed by atoms with Crippen LogP contribution in [0.2, 0.25) is 0 Å². The van der Waals surface area contributed by atoms with Gasteiger partial charge in [-0.2, -0.15) is 0 Å². The third-order valence-electron chi connectivity index (χ3n) is 4.08. The van der Waals surface area contributed by atoms with Gasteiger partial charge in [-0.05, 0) is 42.9 Å². The summed E-state index contributed by atoms with van der Waals surface area (Å²) in [5.41, 5.74) is 1.81. The molecule has 1 rings (SSSR count). The Hall–Kier alpha value is -0.910. The van der Waals surface area contributed by atoms with Crippen LogP contribution in [0.3, 0.4) is 0 Å². The van der Waals surface area contributed by atoms with Gasteiger partial charge in [0.2, 0.25) is 0 Å². The molecule has 0 saturated heterocycles. The molecule has 0 amide bonds. The quantitative estimate of drug-likeness (QED) is 0.441. The van der Waals surface area contributed by atoms with E-state index in [-0.39, 0.29) is 11.0 Å². The zero-order valence-corrected chi connectivity index (χ0v) is 15.8. The second-order valence-electron chi connectivity index (χ2n) is 5.97. The van der Waals surface area contributed by atoms with Gasteiger partial charge < -0.3 is 10.7 Å². The Kier molecular flexibility index (Phi) is 11.1. The highest BCUT2D eigenvalue weighted by molar-refractivity contribution is 7.85. The predicted octanol–water partition coefficient (Wildman–Crippen LogP) is 5.21.